The van der Waals surface area contributed by atoms with Gasteiger partial charge in [0, 0.05) is 495 Å². The summed E-state index contributed by atoms with van der Waals surface area (Å²) in [5, 5.41) is 17.5. The number of benzene rings is 5. The number of nitrogens with one attached hydrogen (secondary N) is 3. The zero-order valence-corrected chi connectivity index (χ0v) is 98.1. The Kier molecular flexibility index (Phi) is 60.4. The number of anilines is 5. The largest absolute Gasteiger partial charge is 0.472 e. The quantitative estimate of drug-likeness (QED) is 0.0680. The van der Waals surface area contributed by atoms with Gasteiger partial charge in [0.25, 0.3) is 23.6 Å². The average molecular weight is 2530 g/mol. The molecule has 5 aromatic carbocycles. The molecule has 0 aliphatic carbocycles. The van der Waals surface area contributed by atoms with E-state index in [1.54, 1.807) is 381 Å². The molecule has 11 rings (SSSR count). The molecule has 2 aliphatic rings. The molecule has 9 aromatic rings. The first kappa shape index (κ1) is 109. The van der Waals surface area contributed by atoms with Gasteiger partial charge in [-0.15, -0.1) is 0 Å². The van der Waals surface area contributed by atoms with Gasteiger partial charge in [0.05, 0.1) is 33.4 Å². The lowest BCUT2D eigenvalue weighted by Gasteiger charge is -2.12. The van der Waals surface area contributed by atoms with Crippen molar-refractivity contribution >= 4 is 479 Å². The van der Waals surface area contributed by atoms with Gasteiger partial charge in [0.15, 0.2) is 0 Å². The van der Waals surface area contributed by atoms with E-state index in [-0.39, 0.29) is 67.4 Å². The summed E-state index contributed by atoms with van der Waals surface area (Å²) < 4.78 is 44.2. The van der Waals surface area contributed by atoms with Crippen LogP contribution in [0.2, 0.25) is 0 Å². The Morgan fingerprint density at radius 1 is 0.374 bits per heavy atom. The van der Waals surface area contributed by atoms with Gasteiger partial charge in [-0.3, -0.25) is 29.0 Å². The zero-order valence-electron chi connectivity index (χ0n) is 59.8. The number of carbonyl (C=O) groups excluding carboxylic acids is 4. The van der Waals surface area contributed by atoms with Crippen molar-refractivity contribution in [2.75, 3.05) is 35.6 Å². The SMILES string of the molecule is CCCNc1nc(Nc2cccc(F)c2)ncc1-c1cc(CCN2C(=O)c3ccccc3C2=O)on1.O=C1c2ccccc2C(=O)N1CCc1cc(-c2cnc(Nc3cccc(F)c3)nc2OCc2ccccc2)no1.S=S=S=S=S=S=S=S=S=S=S=S=S=S=S=S=S=S=S=S=S=S=S.S=S=S=S=S=S=S=S=S=S=S=S=S=S=S=S=S=S=S=S=S=S=S=S. The molecule has 4 amide bonds. The van der Waals surface area contributed by atoms with Crippen LogP contribution in [0.5, 0.6) is 5.88 Å². The van der Waals surface area contributed by atoms with Crippen LogP contribution in [0.15, 0.2) is 161 Å². The van der Waals surface area contributed by atoms with Crippen molar-refractivity contribution in [3.63, 3.8) is 0 Å². The number of aromatic nitrogens is 6. The lowest BCUT2D eigenvalue weighted by Crippen LogP contribution is -2.31. The first-order chi connectivity index (χ1) is 60.4. The second-order valence-electron chi connectivity index (χ2n) is 20.2. The molecule has 123 heavy (non-hydrogen) atoms. The van der Waals surface area contributed by atoms with Crippen molar-refractivity contribution in [2.45, 2.75) is 32.8 Å². The number of fused-ring (bicyclic) bond motifs is 2. The van der Waals surface area contributed by atoms with Gasteiger partial charge in [0.2, 0.25) is 17.8 Å². The van der Waals surface area contributed by atoms with Crippen molar-refractivity contribution < 1.29 is 41.7 Å². The van der Waals surface area contributed by atoms with Gasteiger partial charge < -0.3 is 29.7 Å². The third-order valence-corrected chi connectivity index (χ3v) is 104. The molecule has 18 nitrogen and oxygen atoms in total. The number of amides is 4. The van der Waals surface area contributed by atoms with Gasteiger partial charge in [-0.25, -0.2) is 18.7 Å². The summed E-state index contributed by atoms with van der Waals surface area (Å²) >= 11 is 19.1. The fourth-order valence-electron chi connectivity index (χ4n) is 8.72. The molecule has 2 aliphatic heterocycles. The normalized spacial score (nSPS) is 10.6. The first-order valence-electron chi connectivity index (χ1n) is 31.6. The summed E-state index contributed by atoms with van der Waals surface area (Å²) in [6.07, 6.45) is 4.62. The van der Waals surface area contributed by atoms with Crippen LogP contribution >= 0.6 is 0 Å². The molecule has 0 spiro atoms. The third-order valence-electron chi connectivity index (χ3n) is 13.2. The number of imide groups is 2. The number of hydrogen-bond donors (Lipinski definition) is 3. The molecular weight excluding hydrogens is 2480 g/mol. The molecule has 6 heterocycles. The van der Waals surface area contributed by atoms with Crippen LogP contribution in [0.1, 0.15) is 71.9 Å². The first-order valence-corrected chi connectivity index (χ1v) is 91.6. The summed E-state index contributed by atoms with van der Waals surface area (Å²) in [7, 11) is 74.4. The topological polar surface area (TPSA) is 224 Å². The van der Waals surface area contributed by atoms with Crippen LogP contribution in [0.25, 0.3) is 22.5 Å². The molecular formula is C56H45F2N11O7S47. The molecule has 67 heteroatoms. The van der Waals surface area contributed by atoms with E-state index in [4.69, 9.17) is 58.5 Å². The monoisotopic (exact) mass is 2520 g/mol. The van der Waals surface area contributed by atoms with Crippen molar-refractivity contribution in [1.29, 1.82) is 0 Å². The molecule has 0 saturated heterocycles. The minimum atomic E-state index is -0.390. The Morgan fingerprint density at radius 2 is 0.691 bits per heavy atom. The molecule has 662 valence electrons. The summed E-state index contributed by atoms with van der Waals surface area (Å²) in [6.45, 7) is 3.27. The molecule has 0 fully saturated rings. The Morgan fingerprint density at radius 3 is 1.02 bits per heavy atom. The second-order valence-corrected chi connectivity index (χ2v) is 96.3. The molecule has 0 unspecified atom stereocenters. The fraction of sp³-hybridized carbons (Fsp3) is 0.143. The van der Waals surface area contributed by atoms with E-state index in [2.05, 4.69) is 46.2 Å². The highest BCUT2D eigenvalue weighted by molar-refractivity contribution is 8.81. The number of nitrogens with zero attached hydrogens (tertiary/aromatic N) is 8. The lowest BCUT2D eigenvalue weighted by atomic mass is 10.1. The predicted octanol–water partition coefficient (Wildman–Crippen LogP) is 9.99. The molecule has 3 N–H and O–H groups in total. The van der Waals surface area contributed by atoms with E-state index in [1.165, 1.54) is 69.6 Å². The maximum absolute atomic E-state index is 13.7. The summed E-state index contributed by atoms with van der Waals surface area (Å²) in [5.74, 6) is 0.280. The number of halogens is 2. The zero-order chi connectivity index (χ0) is 87.0. The van der Waals surface area contributed by atoms with E-state index in [9.17, 15) is 28.0 Å². The van der Waals surface area contributed by atoms with E-state index in [0.29, 0.717) is 92.4 Å². The van der Waals surface area contributed by atoms with Crippen LogP contribution in [-0.4, -0.2) is 83.3 Å². The average Bonchev–Trinajstić information content (AvgIpc) is 1.63. The maximum atomic E-state index is 13.7. The Balaban J connectivity index is 0.000000210. The highest BCUT2D eigenvalue weighted by Crippen LogP contribution is 2.32. The standard InChI is InChI=1S/C30H22FN5O4.C26H23FN6O3.S24.S23/c31-20-9-6-10-21(15-20)33-30-32-17-25(27(34-30)39-18-19-7-2-1-3-8-19)26-16-22(40-35-26)13-14-36-28(37)23-11-4-5-12-24(23)29(36)38;1-2-11-28-23-21(15-29-26(31-23)30-17-7-5-6-16(27)13-17)22-14-18(36-32-22)10-12-33-24(34)19-8-3-4-9-20(19)25(33)35;1-3-5-7-9-11-13-15-17-19-21-23-24-22-20-18-16-14-12-10-8-6-4-2;1-3-5-7-9-11-13-15-17-19-21-23-22-20-18-16-14-12-10-8-6-4-2/h1-12,15-17H,13-14,18H2,(H,32,33,34);3-9,13-15H,2,10-12H2,1H3,(H2,28,29,30,31);;. The van der Waals surface area contributed by atoms with Gasteiger partial charge in [-0.05, 0) is 72.6 Å². The Hall–Kier alpha value is 0.360. The van der Waals surface area contributed by atoms with Gasteiger partial charge in [0.1, 0.15) is 47.0 Å². The summed E-state index contributed by atoms with van der Waals surface area (Å²) in [5.41, 5.74) is 5.63. The summed E-state index contributed by atoms with van der Waals surface area (Å²) in [6, 6.07) is 38.6. The van der Waals surface area contributed by atoms with Crippen molar-refractivity contribution in [1.82, 2.24) is 40.0 Å². The van der Waals surface area contributed by atoms with Crippen LogP contribution in [0.3, 0.4) is 0 Å². The lowest BCUT2D eigenvalue weighted by molar-refractivity contribution is 0.0638. The molecule has 0 bridgehead atoms. The van der Waals surface area contributed by atoms with Crippen LogP contribution < -0.4 is 20.7 Å². The van der Waals surface area contributed by atoms with Crippen LogP contribution in [0, 0.1) is 11.6 Å². The minimum Gasteiger partial charge on any atom is -0.472 e. The van der Waals surface area contributed by atoms with E-state index in [0.717, 1.165) is 12.0 Å². The fourth-order valence-corrected chi connectivity index (χ4v) is 116. The molecule has 0 radical (unpaired) electrons. The van der Waals surface area contributed by atoms with Crippen molar-refractivity contribution in [2.24, 2.45) is 0 Å². The molecule has 4 aromatic heterocycles. The van der Waals surface area contributed by atoms with E-state index < -0.39 is 5.82 Å². The van der Waals surface area contributed by atoms with E-state index >= 15 is 0 Å². The van der Waals surface area contributed by atoms with Crippen molar-refractivity contribution in [3.8, 4) is 28.4 Å². The second kappa shape index (κ2) is 68.4. The number of carbonyl (C=O) groups is 4. The van der Waals surface area contributed by atoms with Crippen LogP contribution in [-0.2, 0) is 446 Å². The minimum absolute atomic E-state index is 0.144. The van der Waals surface area contributed by atoms with Gasteiger partial charge >= 0.3 is 0 Å². The molecule has 0 saturated carbocycles. The molecule has 0 atom stereocenters. The van der Waals surface area contributed by atoms with Crippen molar-refractivity contribution in [3.05, 3.63) is 203 Å². The highest BCUT2D eigenvalue weighted by Gasteiger charge is 2.36. The Bertz CT molecular complexity index is 7370. The maximum Gasteiger partial charge on any atom is 0.261 e. The van der Waals surface area contributed by atoms with E-state index in [1.807, 2.05) is 99.4 Å². The van der Waals surface area contributed by atoms with Gasteiger partial charge in [-0.1, -0.05) is 84.0 Å². The Labute approximate surface area is 845 Å². The number of ether oxygens (including phenoxy) is 1. The summed E-state index contributed by atoms with van der Waals surface area (Å²) in [4.78, 5) is 70.7. The number of hydrogen-bond acceptors (Lipinski definition) is 20. The van der Waals surface area contributed by atoms with Crippen LogP contribution in [0.4, 0.5) is 37.9 Å². The predicted molar refractivity (Wildman–Crippen MR) is 621 cm³/mol. The highest BCUT2D eigenvalue weighted by atomic mass is 33.5. The van der Waals surface area contributed by atoms with Gasteiger partial charge in [-0.2, -0.15) is 9.97 Å². The smallest absolute Gasteiger partial charge is 0.261 e. The third kappa shape index (κ3) is 43.3. The number of rotatable bonds is 18.